The maximum absolute atomic E-state index is 12.2. The first-order valence-corrected chi connectivity index (χ1v) is 7.57. The van der Waals surface area contributed by atoms with Crippen molar-refractivity contribution in [3.8, 4) is 0 Å². The predicted octanol–water partition coefficient (Wildman–Crippen LogP) is 2.44. The molecule has 0 aliphatic rings. The summed E-state index contributed by atoms with van der Waals surface area (Å²) in [6, 6.07) is 6.94. The van der Waals surface area contributed by atoms with Crippen molar-refractivity contribution in [2.45, 2.75) is 32.6 Å². The minimum absolute atomic E-state index is 0.0831. The molecule has 1 aromatic carbocycles. The average Bonchev–Trinajstić information content (AvgIpc) is 2.27. The van der Waals surface area contributed by atoms with Crippen LogP contribution in [0.3, 0.4) is 0 Å². The standard InChI is InChI=1S/C13H22N2O2S/c1-5-14-11-8-6-7-9-12(11)18(16,17)15-10-13(2,3)4/h6-9,14-15H,5,10H2,1-4H3. The number of hydrogen-bond acceptors (Lipinski definition) is 3. The van der Waals surface area contributed by atoms with Crippen LogP contribution in [0.15, 0.2) is 29.2 Å². The third kappa shape index (κ3) is 4.31. The first kappa shape index (κ1) is 15.0. The summed E-state index contributed by atoms with van der Waals surface area (Å²) in [5.74, 6) is 0. The van der Waals surface area contributed by atoms with Gasteiger partial charge in [0.1, 0.15) is 4.90 Å². The second-order valence-corrected chi connectivity index (χ2v) is 7.15. The molecule has 0 bridgehead atoms. The van der Waals surface area contributed by atoms with Crippen LogP contribution in [0.25, 0.3) is 0 Å². The lowest BCUT2D eigenvalue weighted by Crippen LogP contribution is -2.32. The highest BCUT2D eigenvalue weighted by Crippen LogP contribution is 2.21. The summed E-state index contributed by atoms with van der Waals surface area (Å²) in [7, 11) is -3.46. The van der Waals surface area contributed by atoms with Crippen LogP contribution in [-0.2, 0) is 10.0 Å². The Kier molecular flexibility index (Phi) is 4.76. The van der Waals surface area contributed by atoms with Gasteiger partial charge in [0.25, 0.3) is 0 Å². The number of hydrogen-bond donors (Lipinski definition) is 2. The van der Waals surface area contributed by atoms with E-state index >= 15 is 0 Å². The fourth-order valence-corrected chi connectivity index (χ4v) is 2.89. The zero-order chi connectivity index (χ0) is 13.8. The van der Waals surface area contributed by atoms with Crippen LogP contribution in [0.2, 0.25) is 0 Å². The number of anilines is 1. The monoisotopic (exact) mass is 270 g/mol. The van der Waals surface area contributed by atoms with E-state index in [9.17, 15) is 8.42 Å². The zero-order valence-electron chi connectivity index (χ0n) is 11.4. The van der Waals surface area contributed by atoms with E-state index in [0.29, 0.717) is 23.7 Å². The smallest absolute Gasteiger partial charge is 0.242 e. The molecule has 0 aliphatic heterocycles. The van der Waals surface area contributed by atoms with Gasteiger partial charge in [-0.25, -0.2) is 13.1 Å². The van der Waals surface area contributed by atoms with Gasteiger partial charge in [-0.3, -0.25) is 0 Å². The summed E-state index contributed by atoms with van der Waals surface area (Å²) in [5, 5.41) is 3.06. The molecule has 0 unspecified atom stereocenters. The fourth-order valence-electron chi connectivity index (χ4n) is 1.43. The van der Waals surface area contributed by atoms with Crippen LogP contribution in [-0.4, -0.2) is 21.5 Å². The largest absolute Gasteiger partial charge is 0.384 e. The minimum Gasteiger partial charge on any atom is -0.384 e. The number of sulfonamides is 1. The summed E-state index contributed by atoms with van der Waals surface area (Å²) in [6.07, 6.45) is 0. The maximum Gasteiger partial charge on any atom is 0.242 e. The normalized spacial score (nSPS) is 12.4. The van der Waals surface area contributed by atoms with Gasteiger partial charge in [0.2, 0.25) is 10.0 Å². The van der Waals surface area contributed by atoms with Gasteiger partial charge in [0.15, 0.2) is 0 Å². The SMILES string of the molecule is CCNc1ccccc1S(=O)(=O)NCC(C)(C)C. The van der Waals surface area contributed by atoms with Crippen LogP contribution in [0.5, 0.6) is 0 Å². The molecule has 18 heavy (non-hydrogen) atoms. The van der Waals surface area contributed by atoms with Crippen molar-refractivity contribution in [1.29, 1.82) is 0 Å². The average molecular weight is 270 g/mol. The van der Waals surface area contributed by atoms with Crippen molar-refractivity contribution in [3.63, 3.8) is 0 Å². The molecule has 4 nitrogen and oxygen atoms in total. The Labute approximate surface area is 110 Å². The second-order valence-electron chi connectivity index (χ2n) is 5.41. The summed E-state index contributed by atoms with van der Waals surface area (Å²) in [4.78, 5) is 0.302. The van der Waals surface area contributed by atoms with Gasteiger partial charge in [-0.1, -0.05) is 32.9 Å². The molecule has 5 heteroatoms. The Bertz CT molecular complexity index is 490. The highest BCUT2D eigenvalue weighted by molar-refractivity contribution is 7.89. The molecule has 0 radical (unpaired) electrons. The quantitative estimate of drug-likeness (QED) is 0.864. The number of para-hydroxylation sites is 1. The topological polar surface area (TPSA) is 58.2 Å². The van der Waals surface area contributed by atoms with E-state index < -0.39 is 10.0 Å². The molecule has 0 heterocycles. The number of nitrogens with one attached hydrogen (secondary N) is 2. The third-order valence-electron chi connectivity index (χ3n) is 2.34. The Hall–Kier alpha value is -1.07. The van der Waals surface area contributed by atoms with E-state index in [1.54, 1.807) is 18.2 Å². The second kappa shape index (κ2) is 5.71. The summed E-state index contributed by atoms with van der Waals surface area (Å²) in [5.41, 5.74) is 0.557. The van der Waals surface area contributed by atoms with Crippen LogP contribution < -0.4 is 10.0 Å². The van der Waals surface area contributed by atoms with Gasteiger partial charge >= 0.3 is 0 Å². The van der Waals surface area contributed by atoms with Crippen molar-refractivity contribution in [1.82, 2.24) is 4.72 Å². The lowest BCUT2D eigenvalue weighted by molar-refractivity contribution is 0.407. The Balaban J connectivity index is 2.98. The molecule has 102 valence electrons. The van der Waals surface area contributed by atoms with E-state index in [1.807, 2.05) is 33.8 Å². The van der Waals surface area contributed by atoms with Crippen molar-refractivity contribution in [2.24, 2.45) is 5.41 Å². The van der Waals surface area contributed by atoms with E-state index in [0.717, 1.165) is 0 Å². The number of benzene rings is 1. The minimum atomic E-state index is -3.46. The van der Waals surface area contributed by atoms with Crippen LogP contribution in [0.1, 0.15) is 27.7 Å². The fraction of sp³-hybridized carbons (Fsp3) is 0.538. The van der Waals surface area contributed by atoms with E-state index in [1.165, 1.54) is 0 Å². The maximum atomic E-state index is 12.2. The van der Waals surface area contributed by atoms with Crippen molar-refractivity contribution < 1.29 is 8.42 Å². The van der Waals surface area contributed by atoms with Gasteiger partial charge in [-0.2, -0.15) is 0 Å². The summed E-state index contributed by atoms with van der Waals surface area (Å²) < 4.78 is 27.1. The van der Waals surface area contributed by atoms with Gasteiger partial charge in [0.05, 0.1) is 5.69 Å². The molecule has 0 spiro atoms. The molecule has 0 aromatic heterocycles. The molecular weight excluding hydrogens is 248 g/mol. The molecule has 0 atom stereocenters. The van der Waals surface area contributed by atoms with Crippen LogP contribution in [0, 0.1) is 5.41 Å². The van der Waals surface area contributed by atoms with E-state index in [2.05, 4.69) is 10.0 Å². The highest BCUT2D eigenvalue weighted by Gasteiger charge is 2.20. The summed E-state index contributed by atoms with van der Waals surface area (Å²) >= 11 is 0. The van der Waals surface area contributed by atoms with Crippen LogP contribution >= 0.6 is 0 Å². The predicted molar refractivity (Wildman–Crippen MR) is 75.2 cm³/mol. The van der Waals surface area contributed by atoms with Crippen LogP contribution in [0.4, 0.5) is 5.69 Å². The molecular formula is C13H22N2O2S. The Morgan fingerprint density at radius 3 is 2.33 bits per heavy atom. The van der Waals surface area contributed by atoms with E-state index in [4.69, 9.17) is 0 Å². The molecule has 0 aliphatic carbocycles. The molecule has 2 N–H and O–H groups in total. The Morgan fingerprint density at radius 1 is 1.17 bits per heavy atom. The molecule has 0 fully saturated rings. The molecule has 0 saturated carbocycles. The van der Waals surface area contributed by atoms with Gasteiger partial charge in [-0.05, 0) is 24.5 Å². The van der Waals surface area contributed by atoms with Crippen molar-refractivity contribution in [3.05, 3.63) is 24.3 Å². The van der Waals surface area contributed by atoms with Gasteiger partial charge in [-0.15, -0.1) is 0 Å². The Morgan fingerprint density at radius 2 is 1.78 bits per heavy atom. The van der Waals surface area contributed by atoms with Crippen molar-refractivity contribution in [2.75, 3.05) is 18.4 Å². The summed E-state index contributed by atoms with van der Waals surface area (Å²) in [6.45, 7) is 9.01. The molecule has 1 rings (SSSR count). The van der Waals surface area contributed by atoms with Crippen molar-refractivity contribution >= 4 is 15.7 Å². The molecule has 0 saturated heterocycles. The highest BCUT2D eigenvalue weighted by atomic mass is 32.2. The van der Waals surface area contributed by atoms with E-state index in [-0.39, 0.29) is 5.41 Å². The number of rotatable bonds is 5. The zero-order valence-corrected chi connectivity index (χ0v) is 12.3. The lowest BCUT2D eigenvalue weighted by Gasteiger charge is -2.19. The molecule has 1 aromatic rings. The molecule has 0 amide bonds. The lowest BCUT2D eigenvalue weighted by atomic mass is 9.98. The third-order valence-corrected chi connectivity index (χ3v) is 3.80. The first-order valence-electron chi connectivity index (χ1n) is 6.09. The first-order chi connectivity index (χ1) is 8.26. The van der Waals surface area contributed by atoms with Gasteiger partial charge in [0, 0.05) is 13.1 Å². The van der Waals surface area contributed by atoms with Gasteiger partial charge < -0.3 is 5.32 Å².